The lowest BCUT2D eigenvalue weighted by atomic mass is 9.86. The van der Waals surface area contributed by atoms with E-state index in [4.69, 9.17) is 0 Å². The van der Waals surface area contributed by atoms with Crippen molar-refractivity contribution in [3.05, 3.63) is 0 Å². The number of hydrogen-bond donors (Lipinski definition) is 0. The van der Waals surface area contributed by atoms with Crippen LogP contribution in [0.5, 0.6) is 0 Å². The Kier molecular flexibility index (Phi) is 12.9. The van der Waals surface area contributed by atoms with Gasteiger partial charge in [-0.15, -0.1) is 0 Å². The molecule has 4 unspecified atom stereocenters. The SMILES string of the molecule is O=C(C(F)(OC(F)(F)C(F)(F)C(F)(F)F)C(F)(F)F)C(F)(OC(F)(F)C(F)(F)C(F)(C(=O)C(F)(OC(F)(F)C(F)(F)C(F)(F)F)C(F)(F)F)C(F)(F)F)C(F)(F)F. The largest absolute Gasteiger partial charge is 0.462 e. The van der Waals surface area contributed by atoms with Crippen LogP contribution in [0.1, 0.15) is 0 Å². The molecule has 0 aliphatic heterocycles. The fourth-order valence-corrected chi connectivity index (χ4v) is 2.83. The second-order valence-corrected chi connectivity index (χ2v) is 9.67. The molecule has 0 aromatic carbocycles. The summed E-state index contributed by atoms with van der Waals surface area (Å²) in [6.45, 7) is 0. The van der Waals surface area contributed by atoms with Gasteiger partial charge in [-0.3, -0.25) is 23.8 Å². The van der Waals surface area contributed by atoms with E-state index in [1.807, 2.05) is 0 Å². The molecule has 0 aromatic rings. The summed E-state index contributed by atoms with van der Waals surface area (Å²) in [7, 11) is 0. The Morgan fingerprint density at radius 1 is 0.246 bits per heavy atom. The number of alkyl halides is 34. The smallest absolute Gasteiger partial charge is 0.289 e. The van der Waals surface area contributed by atoms with Gasteiger partial charge in [0.25, 0.3) is 11.6 Å². The van der Waals surface area contributed by atoms with Crippen molar-refractivity contribution >= 4 is 11.6 Å². The molecular weight excluding hydrogens is 942 g/mol. The number of rotatable bonds is 14. The van der Waals surface area contributed by atoms with Crippen LogP contribution in [0.2, 0.25) is 0 Å². The summed E-state index contributed by atoms with van der Waals surface area (Å²) < 4.78 is 454. The Labute approximate surface area is 282 Å². The van der Waals surface area contributed by atoms with Crippen LogP contribution in [-0.4, -0.2) is 108 Å². The molecule has 0 amide bonds. The monoisotopic (exact) mass is 942 g/mol. The summed E-state index contributed by atoms with van der Waals surface area (Å²) in [6.07, 6.45) is -79.3. The van der Waals surface area contributed by atoms with E-state index in [1.165, 1.54) is 0 Å². The van der Waals surface area contributed by atoms with Gasteiger partial charge in [0.15, 0.2) is 0 Å². The normalized spacial score (nSPS) is 20.0. The fourth-order valence-electron chi connectivity index (χ4n) is 2.83. The molecule has 57 heavy (non-hydrogen) atoms. The zero-order chi connectivity index (χ0) is 47.3. The number of ketones is 2. The number of halogens is 34. The first-order valence-electron chi connectivity index (χ1n) is 11.6. The Morgan fingerprint density at radius 3 is 0.614 bits per heavy atom. The standard InChI is InChI=1S/C18F34O5/c19-3(10(29,30)31,1(53)4(20,11(32,33)34)55-17(49,50)8(25,26)14(41,42)43)7(23,24)16(47,48)56-5(21,12(35,36)37)2(54)6(22,13(38,39)40)57-18(51,52)9(27,28)15(44,45)46. The molecule has 0 spiro atoms. The number of carbonyl (C=O) groups excluding carboxylic acids is 2. The van der Waals surface area contributed by atoms with Crippen LogP contribution in [0.15, 0.2) is 0 Å². The Hall–Kier alpha value is -3.16. The highest BCUT2D eigenvalue weighted by Crippen LogP contribution is 2.61. The molecule has 39 heteroatoms. The average molecular weight is 942 g/mol. The average Bonchev–Trinajstić information content (AvgIpc) is 2.90. The van der Waals surface area contributed by atoms with Gasteiger partial charge in [0.1, 0.15) is 0 Å². The van der Waals surface area contributed by atoms with Crippen molar-refractivity contribution in [1.29, 1.82) is 0 Å². The van der Waals surface area contributed by atoms with E-state index in [1.54, 1.807) is 0 Å². The van der Waals surface area contributed by atoms with E-state index in [-0.39, 0.29) is 0 Å². The van der Waals surface area contributed by atoms with Crippen molar-refractivity contribution in [2.45, 2.75) is 96.4 Å². The van der Waals surface area contributed by atoms with Crippen molar-refractivity contribution in [2.75, 3.05) is 0 Å². The van der Waals surface area contributed by atoms with Gasteiger partial charge in [-0.25, -0.2) is 4.39 Å². The maximum atomic E-state index is 14.7. The first-order valence-corrected chi connectivity index (χ1v) is 11.6. The van der Waals surface area contributed by atoms with Gasteiger partial charge in [0, 0.05) is 0 Å². The molecule has 4 atom stereocenters. The molecule has 0 N–H and O–H groups in total. The van der Waals surface area contributed by atoms with Gasteiger partial charge in [-0.05, 0) is 0 Å². The fraction of sp³-hybridized carbons (Fsp3) is 0.889. The van der Waals surface area contributed by atoms with Crippen LogP contribution < -0.4 is 0 Å². The molecule has 0 heterocycles. The van der Waals surface area contributed by atoms with Crippen LogP contribution in [0.25, 0.3) is 0 Å². The maximum Gasteiger partial charge on any atom is 0.462 e. The lowest BCUT2D eigenvalue weighted by Crippen LogP contribution is -2.76. The highest BCUT2D eigenvalue weighted by Gasteiger charge is 2.93. The first-order chi connectivity index (χ1) is 23.9. The number of ether oxygens (including phenoxy) is 3. The molecule has 0 rings (SSSR count). The predicted octanol–water partition coefficient (Wildman–Crippen LogP) is 9.94. The van der Waals surface area contributed by atoms with Crippen molar-refractivity contribution in [3.8, 4) is 0 Å². The molecule has 0 bridgehead atoms. The Balaban J connectivity index is 8.17. The first kappa shape index (κ1) is 53.8. The predicted molar refractivity (Wildman–Crippen MR) is 94.6 cm³/mol. The highest BCUT2D eigenvalue weighted by atomic mass is 19.5. The highest BCUT2D eigenvalue weighted by molar-refractivity contribution is 5.96. The summed E-state index contributed by atoms with van der Waals surface area (Å²) >= 11 is 0. The molecule has 5 nitrogen and oxygen atoms in total. The maximum absolute atomic E-state index is 14.7. The summed E-state index contributed by atoms with van der Waals surface area (Å²) in [5, 5.41) is 0. The van der Waals surface area contributed by atoms with Crippen molar-refractivity contribution < 1.29 is 173 Å². The molecule has 340 valence electrons. The molecule has 0 saturated heterocycles. The van der Waals surface area contributed by atoms with Gasteiger partial charge in [0.2, 0.25) is 0 Å². The lowest BCUT2D eigenvalue weighted by molar-refractivity contribution is -0.488. The van der Waals surface area contributed by atoms with Crippen LogP contribution in [0.4, 0.5) is 149 Å². The lowest BCUT2D eigenvalue weighted by Gasteiger charge is -2.43. The van der Waals surface area contributed by atoms with E-state index in [9.17, 15) is 159 Å². The topological polar surface area (TPSA) is 61.8 Å². The molecule has 0 radical (unpaired) electrons. The van der Waals surface area contributed by atoms with Crippen molar-refractivity contribution in [1.82, 2.24) is 0 Å². The third kappa shape index (κ3) is 8.23. The zero-order valence-electron chi connectivity index (χ0n) is 23.9. The molecule has 0 aromatic heterocycles. The minimum Gasteiger partial charge on any atom is -0.289 e. The third-order valence-corrected chi connectivity index (χ3v) is 5.72. The summed E-state index contributed by atoms with van der Waals surface area (Å²) in [4.78, 5) is 23.1. The van der Waals surface area contributed by atoms with Crippen molar-refractivity contribution in [2.24, 2.45) is 0 Å². The Morgan fingerprint density at radius 2 is 0.439 bits per heavy atom. The van der Waals surface area contributed by atoms with Gasteiger partial charge >= 0.3 is 96.4 Å². The van der Waals surface area contributed by atoms with E-state index < -0.39 is 108 Å². The van der Waals surface area contributed by atoms with Gasteiger partial charge in [-0.2, -0.15) is 145 Å². The van der Waals surface area contributed by atoms with E-state index in [2.05, 4.69) is 0 Å². The zero-order valence-corrected chi connectivity index (χ0v) is 23.9. The molecular formula is C18F34O5. The number of Topliss-reactive ketones (excluding diaryl/α,β-unsaturated/α-hetero) is 2. The second kappa shape index (κ2) is 13.7. The molecule has 0 saturated carbocycles. The van der Waals surface area contributed by atoms with Crippen LogP contribution in [0, 0.1) is 0 Å². The van der Waals surface area contributed by atoms with Crippen LogP contribution in [0.3, 0.4) is 0 Å². The van der Waals surface area contributed by atoms with Gasteiger partial charge in [-0.1, -0.05) is 0 Å². The van der Waals surface area contributed by atoms with E-state index >= 15 is 0 Å². The van der Waals surface area contributed by atoms with Crippen LogP contribution >= 0.6 is 0 Å². The second-order valence-electron chi connectivity index (χ2n) is 9.67. The van der Waals surface area contributed by atoms with Crippen LogP contribution in [-0.2, 0) is 23.8 Å². The molecule has 0 aliphatic carbocycles. The minimum atomic E-state index is -9.93. The molecule has 0 aliphatic rings. The number of carbonyl (C=O) groups is 2. The molecule has 0 fully saturated rings. The van der Waals surface area contributed by atoms with Gasteiger partial charge < -0.3 is 0 Å². The van der Waals surface area contributed by atoms with Crippen molar-refractivity contribution in [3.63, 3.8) is 0 Å². The quantitative estimate of drug-likeness (QED) is 0.163. The summed E-state index contributed by atoms with van der Waals surface area (Å²) in [5.74, 6) is -67.8. The third-order valence-electron chi connectivity index (χ3n) is 5.72. The van der Waals surface area contributed by atoms with Gasteiger partial charge in [0.05, 0.1) is 0 Å². The summed E-state index contributed by atoms with van der Waals surface area (Å²) in [6, 6.07) is 0. The van der Waals surface area contributed by atoms with E-state index in [0.29, 0.717) is 0 Å². The minimum absolute atomic E-state index is 0.762. The summed E-state index contributed by atoms with van der Waals surface area (Å²) in [5.41, 5.74) is -9.76. The Bertz CT molecular complexity index is 1490. The number of hydrogen-bond acceptors (Lipinski definition) is 5. The van der Waals surface area contributed by atoms with E-state index in [0.717, 1.165) is 14.2 Å².